The Morgan fingerprint density at radius 2 is 2.04 bits per heavy atom. The highest BCUT2D eigenvalue weighted by Gasteiger charge is 2.18. The summed E-state index contributed by atoms with van der Waals surface area (Å²) in [5, 5.41) is 8.39. The summed E-state index contributed by atoms with van der Waals surface area (Å²) in [7, 11) is 5.86. The van der Waals surface area contributed by atoms with Gasteiger partial charge in [0.1, 0.15) is 0 Å². The summed E-state index contributed by atoms with van der Waals surface area (Å²) in [5.41, 5.74) is 3.95. The van der Waals surface area contributed by atoms with Gasteiger partial charge in [-0.25, -0.2) is 4.68 Å². The van der Waals surface area contributed by atoms with Crippen LogP contribution in [0.15, 0.2) is 24.3 Å². The molecule has 0 saturated carbocycles. The maximum Gasteiger partial charge on any atom is 0.239 e. The summed E-state index contributed by atoms with van der Waals surface area (Å²) >= 11 is 1.57. The van der Waals surface area contributed by atoms with E-state index < -0.39 is 0 Å². The minimum Gasteiger partial charge on any atom is -0.353 e. The van der Waals surface area contributed by atoms with Crippen LogP contribution in [0.5, 0.6) is 0 Å². The molecule has 0 aliphatic carbocycles. The molecule has 7 nitrogen and oxygen atoms in total. The van der Waals surface area contributed by atoms with E-state index in [9.17, 15) is 4.79 Å². The SMILES string of the molecule is Cc1cccc(-n2nc(C)c3sc(N(C)CC(=O)NCCN(C)C)nc32)c1. The lowest BCUT2D eigenvalue weighted by atomic mass is 10.2. The zero-order chi connectivity index (χ0) is 19.6. The van der Waals surface area contributed by atoms with Crippen LogP contribution in [0.3, 0.4) is 0 Å². The summed E-state index contributed by atoms with van der Waals surface area (Å²) in [6.07, 6.45) is 0. The van der Waals surface area contributed by atoms with Gasteiger partial charge in [0.05, 0.1) is 22.6 Å². The Labute approximate surface area is 163 Å². The average molecular weight is 387 g/mol. The van der Waals surface area contributed by atoms with Crippen LogP contribution in [0.4, 0.5) is 5.13 Å². The number of nitrogens with one attached hydrogen (secondary N) is 1. The predicted molar refractivity (Wildman–Crippen MR) is 111 cm³/mol. The van der Waals surface area contributed by atoms with Gasteiger partial charge in [-0.1, -0.05) is 23.5 Å². The first-order chi connectivity index (χ1) is 12.8. The first kappa shape index (κ1) is 19.3. The van der Waals surface area contributed by atoms with Crippen LogP contribution in [0.2, 0.25) is 0 Å². The molecule has 1 N–H and O–H groups in total. The number of anilines is 1. The van der Waals surface area contributed by atoms with Crippen molar-refractivity contribution in [1.29, 1.82) is 0 Å². The first-order valence-electron chi connectivity index (χ1n) is 8.91. The fourth-order valence-electron chi connectivity index (χ4n) is 2.78. The van der Waals surface area contributed by atoms with Crippen molar-refractivity contribution in [2.24, 2.45) is 0 Å². The molecule has 27 heavy (non-hydrogen) atoms. The van der Waals surface area contributed by atoms with Gasteiger partial charge in [-0.15, -0.1) is 0 Å². The van der Waals surface area contributed by atoms with Gasteiger partial charge in [0.2, 0.25) is 5.91 Å². The average Bonchev–Trinajstić information content (AvgIpc) is 3.15. The van der Waals surface area contributed by atoms with Crippen LogP contribution in [0.25, 0.3) is 16.0 Å². The molecule has 144 valence electrons. The minimum atomic E-state index is -0.00404. The normalized spacial score (nSPS) is 11.3. The first-order valence-corrected chi connectivity index (χ1v) is 9.72. The van der Waals surface area contributed by atoms with Crippen molar-refractivity contribution in [2.45, 2.75) is 13.8 Å². The fourth-order valence-corrected chi connectivity index (χ4v) is 3.73. The monoisotopic (exact) mass is 386 g/mol. The summed E-state index contributed by atoms with van der Waals surface area (Å²) in [5.74, 6) is -0.00404. The molecule has 1 amide bonds. The Bertz CT molecular complexity index is 945. The van der Waals surface area contributed by atoms with Gasteiger partial charge in [-0.3, -0.25) is 4.79 Å². The van der Waals surface area contributed by atoms with Crippen molar-refractivity contribution < 1.29 is 4.79 Å². The van der Waals surface area contributed by atoms with Crippen LogP contribution in [-0.4, -0.2) is 66.3 Å². The molecule has 0 bridgehead atoms. The summed E-state index contributed by atoms with van der Waals surface area (Å²) in [4.78, 5) is 20.8. The number of aryl methyl sites for hydroxylation is 2. The van der Waals surface area contributed by atoms with Gasteiger partial charge in [-0.2, -0.15) is 10.1 Å². The van der Waals surface area contributed by atoms with Gasteiger partial charge >= 0.3 is 0 Å². The number of carbonyl (C=O) groups is 1. The maximum absolute atomic E-state index is 12.1. The highest BCUT2D eigenvalue weighted by molar-refractivity contribution is 7.22. The molecule has 2 aromatic heterocycles. The zero-order valence-corrected chi connectivity index (χ0v) is 17.3. The molecule has 0 spiro atoms. The third-order valence-corrected chi connectivity index (χ3v) is 5.48. The Morgan fingerprint density at radius 3 is 2.74 bits per heavy atom. The van der Waals surface area contributed by atoms with Crippen molar-refractivity contribution in [3.05, 3.63) is 35.5 Å². The predicted octanol–water partition coefficient (Wildman–Crippen LogP) is 2.21. The van der Waals surface area contributed by atoms with Crippen molar-refractivity contribution in [3.8, 4) is 5.69 Å². The van der Waals surface area contributed by atoms with Crippen LogP contribution in [-0.2, 0) is 4.79 Å². The van der Waals surface area contributed by atoms with E-state index in [1.165, 1.54) is 5.56 Å². The molecule has 2 heterocycles. The van der Waals surface area contributed by atoms with Gasteiger partial charge in [0.25, 0.3) is 0 Å². The van der Waals surface area contributed by atoms with Gasteiger partial charge < -0.3 is 15.1 Å². The standard InChI is InChI=1S/C19H26N6OS/c1-13-7-6-8-15(11-13)25-18-17(14(2)22-25)27-19(21-18)24(5)12-16(26)20-9-10-23(3)4/h6-8,11H,9-10,12H2,1-5H3,(H,20,26). The maximum atomic E-state index is 12.1. The second-order valence-electron chi connectivity index (χ2n) is 6.99. The van der Waals surface area contributed by atoms with Crippen molar-refractivity contribution in [3.63, 3.8) is 0 Å². The Kier molecular flexibility index (Phi) is 5.76. The van der Waals surface area contributed by atoms with E-state index in [-0.39, 0.29) is 12.5 Å². The van der Waals surface area contributed by atoms with Gasteiger partial charge in [-0.05, 0) is 45.6 Å². The second-order valence-corrected chi connectivity index (χ2v) is 7.97. The quantitative estimate of drug-likeness (QED) is 0.674. The number of hydrogen-bond donors (Lipinski definition) is 1. The molecule has 0 atom stereocenters. The van der Waals surface area contributed by atoms with Crippen LogP contribution in [0, 0.1) is 13.8 Å². The number of carbonyl (C=O) groups excluding carboxylic acids is 1. The largest absolute Gasteiger partial charge is 0.353 e. The number of benzene rings is 1. The van der Waals surface area contributed by atoms with Crippen molar-refractivity contribution in [2.75, 3.05) is 45.7 Å². The Morgan fingerprint density at radius 1 is 1.26 bits per heavy atom. The van der Waals surface area contributed by atoms with E-state index in [2.05, 4.69) is 29.5 Å². The van der Waals surface area contributed by atoms with E-state index in [1.54, 1.807) is 11.3 Å². The third-order valence-electron chi connectivity index (χ3n) is 4.21. The molecular formula is C19H26N6OS. The van der Waals surface area contributed by atoms with Crippen molar-refractivity contribution in [1.82, 2.24) is 25.0 Å². The fraction of sp³-hybridized carbons (Fsp3) is 0.421. The number of nitrogens with zero attached hydrogens (tertiary/aromatic N) is 5. The number of rotatable bonds is 7. The molecule has 0 aliphatic rings. The highest BCUT2D eigenvalue weighted by Crippen LogP contribution is 2.32. The van der Waals surface area contributed by atoms with E-state index in [4.69, 9.17) is 4.98 Å². The zero-order valence-electron chi connectivity index (χ0n) is 16.5. The molecule has 3 rings (SSSR count). The lowest BCUT2D eigenvalue weighted by Gasteiger charge is -2.16. The minimum absolute atomic E-state index is 0.00404. The van der Waals surface area contributed by atoms with E-state index >= 15 is 0 Å². The van der Waals surface area contributed by atoms with Crippen LogP contribution >= 0.6 is 11.3 Å². The molecular weight excluding hydrogens is 360 g/mol. The topological polar surface area (TPSA) is 66.3 Å². The van der Waals surface area contributed by atoms with Gasteiger partial charge in [0.15, 0.2) is 10.8 Å². The molecule has 0 aliphatic heterocycles. The van der Waals surface area contributed by atoms with Crippen molar-refractivity contribution >= 4 is 32.7 Å². The Hall–Kier alpha value is -2.45. The number of likely N-dealkylation sites (N-methyl/N-ethyl adjacent to an activating group) is 2. The van der Waals surface area contributed by atoms with E-state index in [0.717, 1.165) is 33.4 Å². The molecule has 0 fully saturated rings. The third kappa shape index (κ3) is 4.45. The van der Waals surface area contributed by atoms with Crippen LogP contribution in [0.1, 0.15) is 11.3 Å². The lowest BCUT2D eigenvalue weighted by Crippen LogP contribution is -2.38. The molecule has 0 saturated heterocycles. The molecule has 0 radical (unpaired) electrons. The Balaban J connectivity index is 1.78. The summed E-state index contributed by atoms with van der Waals surface area (Å²) in [6, 6.07) is 8.20. The lowest BCUT2D eigenvalue weighted by molar-refractivity contribution is -0.119. The second kappa shape index (κ2) is 8.06. The molecule has 8 heteroatoms. The smallest absolute Gasteiger partial charge is 0.239 e. The summed E-state index contributed by atoms with van der Waals surface area (Å²) < 4.78 is 2.93. The molecule has 1 aromatic carbocycles. The number of thiazole rings is 1. The summed E-state index contributed by atoms with van der Waals surface area (Å²) in [6.45, 7) is 5.79. The van der Waals surface area contributed by atoms with E-state index in [1.807, 2.05) is 54.7 Å². The van der Waals surface area contributed by atoms with Gasteiger partial charge in [0, 0.05) is 20.1 Å². The van der Waals surface area contributed by atoms with Crippen LogP contribution < -0.4 is 10.2 Å². The number of aromatic nitrogens is 3. The highest BCUT2D eigenvalue weighted by atomic mass is 32.1. The number of hydrogen-bond acceptors (Lipinski definition) is 6. The number of amides is 1. The van der Waals surface area contributed by atoms with E-state index in [0.29, 0.717) is 6.54 Å². The number of fused-ring (bicyclic) bond motifs is 1. The molecule has 0 unspecified atom stereocenters. The molecule has 3 aromatic rings.